The van der Waals surface area contributed by atoms with Gasteiger partial charge in [0.1, 0.15) is 5.82 Å². The van der Waals surface area contributed by atoms with Crippen molar-refractivity contribution in [3.8, 4) is 0 Å². The van der Waals surface area contributed by atoms with E-state index in [-0.39, 0.29) is 11.9 Å². The van der Waals surface area contributed by atoms with E-state index in [1.165, 1.54) is 6.07 Å². The number of rotatable bonds is 5. The minimum Gasteiger partial charge on any atom is -0.310 e. The third kappa shape index (κ3) is 3.97. The van der Waals surface area contributed by atoms with Gasteiger partial charge in [-0.1, -0.05) is 48.3 Å². The van der Waals surface area contributed by atoms with E-state index in [0.717, 1.165) is 17.7 Å². The lowest BCUT2D eigenvalue weighted by molar-refractivity contribution is 0.528. The van der Waals surface area contributed by atoms with Gasteiger partial charge >= 0.3 is 0 Å². The molecule has 0 aromatic heterocycles. The predicted octanol–water partition coefficient (Wildman–Crippen LogP) is 5.33. The number of hydrogen-bond donors (Lipinski definition) is 1. The molecule has 2 aromatic carbocycles. The fourth-order valence-corrected chi connectivity index (χ4v) is 2.99. The molecule has 0 bridgehead atoms. The Morgan fingerprint density at radius 3 is 2.52 bits per heavy atom. The minimum absolute atomic E-state index is 0.0718. The first-order chi connectivity index (χ1) is 10.0. The van der Waals surface area contributed by atoms with E-state index >= 15 is 0 Å². The lowest BCUT2D eigenvalue weighted by Gasteiger charge is -2.21. The van der Waals surface area contributed by atoms with Crippen LogP contribution in [0, 0.1) is 12.7 Å². The van der Waals surface area contributed by atoms with Crippen LogP contribution in [-0.4, -0.2) is 6.54 Å². The third-order valence-electron chi connectivity index (χ3n) is 3.45. The summed E-state index contributed by atoms with van der Waals surface area (Å²) in [5.74, 6) is -0.284. The average molecular weight is 326 g/mol. The summed E-state index contributed by atoms with van der Waals surface area (Å²) in [6.07, 6.45) is 0.460. The number of likely N-dealkylation sites (N-methyl/N-ethyl adjacent to an activating group) is 1. The molecule has 21 heavy (non-hydrogen) atoms. The molecule has 2 rings (SSSR count). The average Bonchev–Trinajstić information content (AvgIpc) is 2.42. The lowest BCUT2D eigenvalue weighted by Crippen LogP contribution is -2.24. The highest BCUT2D eigenvalue weighted by molar-refractivity contribution is 6.31. The molecular formula is C17H18Cl2FN. The fourth-order valence-electron chi connectivity index (χ4n) is 2.38. The maximum atomic E-state index is 14.0. The quantitative estimate of drug-likeness (QED) is 0.782. The van der Waals surface area contributed by atoms with Crippen LogP contribution in [0.3, 0.4) is 0 Å². The highest BCUT2D eigenvalue weighted by Gasteiger charge is 2.18. The Morgan fingerprint density at radius 2 is 1.90 bits per heavy atom. The lowest BCUT2D eigenvalue weighted by atomic mass is 9.97. The summed E-state index contributed by atoms with van der Waals surface area (Å²) >= 11 is 12.5. The standard InChI is InChI=1S/C17H18Cl2FN/c1-3-21-17(12-8-7-11(2)9-15(12)19)10-13-14(18)5-4-6-16(13)20/h4-9,17,21H,3,10H2,1-2H3. The Morgan fingerprint density at radius 1 is 1.14 bits per heavy atom. The molecule has 0 amide bonds. The summed E-state index contributed by atoms with van der Waals surface area (Å²) in [5.41, 5.74) is 2.58. The molecule has 0 radical (unpaired) electrons. The fraction of sp³-hybridized carbons (Fsp3) is 0.294. The van der Waals surface area contributed by atoms with Crippen LogP contribution in [0.5, 0.6) is 0 Å². The number of nitrogens with one attached hydrogen (secondary N) is 1. The van der Waals surface area contributed by atoms with E-state index in [2.05, 4.69) is 5.32 Å². The second-order valence-corrected chi connectivity index (χ2v) is 5.85. The smallest absolute Gasteiger partial charge is 0.127 e. The van der Waals surface area contributed by atoms with Crippen molar-refractivity contribution in [1.29, 1.82) is 0 Å². The van der Waals surface area contributed by atoms with Gasteiger partial charge in [0.05, 0.1) is 0 Å². The van der Waals surface area contributed by atoms with Crippen molar-refractivity contribution in [1.82, 2.24) is 5.32 Å². The van der Waals surface area contributed by atoms with Gasteiger partial charge in [-0.05, 0) is 49.2 Å². The van der Waals surface area contributed by atoms with Crippen molar-refractivity contribution in [2.24, 2.45) is 0 Å². The zero-order valence-electron chi connectivity index (χ0n) is 12.1. The van der Waals surface area contributed by atoms with Crippen LogP contribution in [-0.2, 0) is 6.42 Å². The van der Waals surface area contributed by atoms with Crippen molar-refractivity contribution in [2.45, 2.75) is 26.3 Å². The molecule has 1 atom stereocenters. The van der Waals surface area contributed by atoms with E-state index in [0.29, 0.717) is 22.0 Å². The highest BCUT2D eigenvalue weighted by Crippen LogP contribution is 2.30. The Balaban J connectivity index is 2.35. The zero-order valence-corrected chi connectivity index (χ0v) is 13.6. The van der Waals surface area contributed by atoms with Crippen LogP contribution < -0.4 is 5.32 Å². The molecule has 0 aliphatic rings. The molecular weight excluding hydrogens is 308 g/mol. The van der Waals surface area contributed by atoms with E-state index < -0.39 is 0 Å². The first kappa shape index (κ1) is 16.3. The molecule has 1 nitrogen and oxygen atoms in total. The van der Waals surface area contributed by atoms with Crippen LogP contribution in [0.25, 0.3) is 0 Å². The molecule has 1 N–H and O–H groups in total. The van der Waals surface area contributed by atoms with Crippen molar-refractivity contribution < 1.29 is 4.39 Å². The zero-order chi connectivity index (χ0) is 15.4. The molecule has 0 aliphatic carbocycles. The second-order valence-electron chi connectivity index (χ2n) is 5.04. The monoisotopic (exact) mass is 325 g/mol. The van der Waals surface area contributed by atoms with Crippen molar-refractivity contribution in [3.05, 3.63) is 69.0 Å². The molecule has 0 fully saturated rings. The molecule has 1 unspecified atom stereocenters. The summed E-state index contributed by atoms with van der Waals surface area (Å²) in [7, 11) is 0. The van der Waals surface area contributed by atoms with Crippen LogP contribution in [0.4, 0.5) is 4.39 Å². The third-order valence-corrected chi connectivity index (χ3v) is 4.13. The van der Waals surface area contributed by atoms with Gasteiger partial charge in [0.2, 0.25) is 0 Å². The molecule has 0 aliphatic heterocycles. The van der Waals surface area contributed by atoms with Gasteiger partial charge in [0.25, 0.3) is 0 Å². The normalized spacial score (nSPS) is 12.4. The molecule has 0 heterocycles. The molecule has 2 aromatic rings. The number of halogens is 3. The van der Waals surface area contributed by atoms with Crippen molar-refractivity contribution >= 4 is 23.2 Å². The second kappa shape index (κ2) is 7.26. The number of aryl methyl sites for hydroxylation is 1. The first-order valence-electron chi connectivity index (χ1n) is 6.95. The van der Waals surface area contributed by atoms with Gasteiger partial charge in [-0.25, -0.2) is 4.39 Å². The summed E-state index contributed by atoms with van der Waals surface area (Å²) in [5, 5.41) is 4.49. The molecule has 0 saturated carbocycles. The van der Waals surface area contributed by atoms with Gasteiger partial charge in [0.15, 0.2) is 0 Å². The van der Waals surface area contributed by atoms with E-state index in [1.807, 2.05) is 32.0 Å². The summed E-state index contributed by atoms with van der Waals surface area (Å²) in [6.45, 7) is 4.77. The van der Waals surface area contributed by atoms with Crippen molar-refractivity contribution in [2.75, 3.05) is 6.54 Å². The largest absolute Gasteiger partial charge is 0.310 e. The Labute approximate surface area is 135 Å². The topological polar surface area (TPSA) is 12.0 Å². The predicted molar refractivity (Wildman–Crippen MR) is 87.7 cm³/mol. The van der Waals surface area contributed by atoms with E-state index in [4.69, 9.17) is 23.2 Å². The van der Waals surface area contributed by atoms with Gasteiger partial charge in [-0.15, -0.1) is 0 Å². The molecule has 112 valence electrons. The van der Waals surface area contributed by atoms with Crippen LogP contribution in [0.2, 0.25) is 10.0 Å². The molecule has 0 saturated heterocycles. The van der Waals surface area contributed by atoms with Crippen LogP contribution >= 0.6 is 23.2 Å². The first-order valence-corrected chi connectivity index (χ1v) is 7.70. The number of benzene rings is 2. The SMILES string of the molecule is CCNC(Cc1c(F)cccc1Cl)c1ccc(C)cc1Cl. The van der Waals surface area contributed by atoms with Crippen molar-refractivity contribution in [3.63, 3.8) is 0 Å². The van der Waals surface area contributed by atoms with Gasteiger partial charge < -0.3 is 5.32 Å². The Kier molecular flexibility index (Phi) is 5.63. The van der Waals surface area contributed by atoms with Crippen LogP contribution in [0.15, 0.2) is 36.4 Å². The van der Waals surface area contributed by atoms with E-state index in [9.17, 15) is 4.39 Å². The van der Waals surface area contributed by atoms with Crippen LogP contribution in [0.1, 0.15) is 29.7 Å². The Hall–Kier alpha value is -1.09. The molecule has 0 spiro atoms. The Bertz CT molecular complexity index is 608. The summed E-state index contributed by atoms with van der Waals surface area (Å²) in [6, 6.07) is 10.6. The summed E-state index contributed by atoms with van der Waals surface area (Å²) < 4.78 is 14.0. The van der Waals surface area contributed by atoms with E-state index in [1.54, 1.807) is 12.1 Å². The maximum absolute atomic E-state index is 14.0. The number of hydrogen-bond acceptors (Lipinski definition) is 1. The van der Waals surface area contributed by atoms with Gasteiger partial charge in [-0.2, -0.15) is 0 Å². The minimum atomic E-state index is -0.284. The maximum Gasteiger partial charge on any atom is 0.127 e. The molecule has 4 heteroatoms. The summed E-state index contributed by atoms with van der Waals surface area (Å²) in [4.78, 5) is 0. The van der Waals surface area contributed by atoms with Gasteiger partial charge in [0, 0.05) is 21.7 Å². The highest BCUT2D eigenvalue weighted by atomic mass is 35.5. The van der Waals surface area contributed by atoms with Gasteiger partial charge in [-0.3, -0.25) is 0 Å².